The summed E-state index contributed by atoms with van der Waals surface area (Å²) in [5, 5.41) is 6.89. The number of fused-ring (bicyclic) bond motifs is 1. The molecule has 1 N–H and O–H groups in total. The van der Waals surface area contributed by atoms with Crippen LogP contribution in [0.2, 0.25) is 0 Å². The van der Waals surface area contributed by atoms with E-state index in [2.05, 4.69) is 39.1 Å². The van der Waals surface area contributed by atoms with Gasteiger partial charge in [0.25, 0.3) is 5.92 Å². The minimum Gasteiger partial charge on any atom is -0.340 e. The van der Waals surface area contributed by atoms with E-state index < -0.39 is 12.0 Å². The van der Waals surface area contributed by atoms with Crippen molar-refractivity contribution < 1.29 is 18.1 Å². The van der Waals surface area contributed by atoms with E-state index in [1.165, 1.54) is 0 Å². The molecule has 2 aliphatic carbocycles. The highest BCUT2D eigenvalue weighted by Gasteiger charge is 2.51. The second kappa shape index (κ2) is 9.57. The molecule has 35 heavy (non-hydrogen) atoms. The van der Waals surface area contributed by atoms with E-state index in [-0.39, 0.29) is 30.5 Å². The van der Waals surface area contributed by atoms with Gasteiger partial charge in [0, 0.05) is 63.6 Å². The van der Waals surface area contributed by atoms with Gasteiger partial charge in [-0.05, 0) is 64.8 Å². The summed E-state index contributed by atoms with van der Waals surface area (Å²) in [7, 11) is 1.97. The summed E-state index contributed by atoms with van der Waals surface area (Å²) in [4.78, 5) is 23.9. The average Bonchev–Trinajstić information content (AvgIpc) is 3.57. The van der Waals surface area contributed by atoms with E-state index in [1.54, 1.807) is 11.8 Å². The maximum Gasteiger partial charge on any atom is 0.317 e. The Kier molecular flexibility index (Phi) is 6.80. The molecule has 0 unspecified atom stereocenters. The van der Waals surface area contributed by atoms with E-state index in [9.17, 15) is 4.79 Å². The van der Waals surface area contributed by atoms with Crippen molar-refractivity contribution in [2.45, 2.75) is 95.3 Å². The second-order valence-electron chi connectivity index (χ2n) is 11.6. The van der Waals surface area contributed by atoms with Crippen LogP contribution in [-0.2, 0) is 0 Å². The summed E-state index contributed by atoms with van der Waals surface area (Å²) in [6, 6.07) is -1.15. The zero-order valence-electron chi connectivity index (χ0n) is 21.4. The Morgan fingerprint density at radius 1 is 1.20 bits per heavy atom. The Balaban J connectivity index is 1.21. The summed E-state index contributed by atoms with van der Waals surface area (Å²) >= 11 is 0. The van der Waals surface area contributed by atoms with Crippen LogP contribution in [0.15, 0.2) is 4.52 Å². The van der Waals surface area contributed by atoms with Crippen LogP contribution in [-0.4, -0.2) is 94.2 Å². The van der Waals surface area contributed by atoms with Crippen molar-refractivity contribution >= 4 is 6.03 Å². The number of nitrogens with one attached hydrogen (secondary N) is 1. The lowest BCUT2D eigenvalue weighted by Gasteiger charge is -2.45. The van der Waals surface area contributed by atoms with Gasteiger partial charge in [0.15, 0.2) is 5.82 Å². The number of hydrogen-bond donors (Lipinski definition) is 1. The molecule has 4 aliphatic rings. The maximum atomic E-state index is 15.2. The highest BCUT2D eigenvalue weighted by atomic mass is 19.3. The molecule has 2 saturated heterocycles. The lowest BCUT2D eigenvalue weighted by molar-refractivity contribution is -0.0931. The number of likely N-dealkylation sites (tertiary alicyclic amines) is 2. The van der Waals surface area contributed by atoms with Crippen molar-refractivity contribution in [1.29, 1.82) is 0 Å². The monoisotopic (exact) mass is 494 g/mol. The minimum absolute atomic E-state index is 0.165. The molecular formula is C25H40F2N6O2. The first kappa shape index (κ1) is 24.9. The number of alkyl halides is 2. The molecule has 0 bridgehead atoms. The van der Waals surface area contributed by atoms with E-state index in [4.69, 9.17) is 4.52 Å². The van der Waals surface area contributed by atoms with Gasteiger partial charge in [-0.2, -0.15) is 4.98 Å². The van der Waals surface area contributed by atoms with Crippen LogP contribution < -0.4 is 5.32 Å². The predicted molar refractivity (Wildman–Crippen MR) is 127 cm³/mol. The predicted octanol–water partition coefficient (Wildman–Crippen LogP) is 3.48. The quantitative estimate of drug-likeness (QED) is 0.675. The average molecular weight is 495 g/mol. The Morgan fingerprint density at radius 3 is 2.51 bits per heavy atom. The number of likely N-dealkylation sites (N-methyl/N-ethyl adjacent to an activating group) is 1. The van der Waals surface area contributed by atoms with Crippen LogP contribution >= 0.6 is 0 Å². The van der Waals surface area contributed by atoms with Crippen LogP contribution in [0.25, 0.3) is 0 Å². The number of amides is 2. The molecule has 3 heterocycles. The molecule has 0 aromatic carbocycles. The fraction of sp³-hybridized carbons (Fsp3) is 0.880. The molecule has 4 fully saturated rings. The maximum absolute atomic E-state index is 15.2. The number of halogens is 2. The van der Waals surface area contributed by atoms with Crippen LogP contribution in [0.3, 0.4) is 0 Å². The highest BCUT2D eigenvalue weighted by molar-refractivity contribution is 5.75. The molecule has 6 atom stereocenters. The summed E-state index contributed by atoms with van der Waals surface area (Å²) in [5.74, 6) is -0.611. The molecule has 0 radical (unpaired) electrons. The van der Waals surface area contributed by atoms with Crippen molar-refractivity contribution in [2.75, 3.05) is 33.2 Å². The molecule has 2 amide bonds. The molecule has 8 nitrogen and oxygen atoms in total. The van der Waals surface area contributed by atoms with Gasteiger partial charge in [0.1, 0.15) is 6.04 Å². The number of aromatic nitrogens is 2. The number of rotatable bonds is 5. The number of urea groups is 1. The van der Waals surface area contributed by atoms with Crippen molar-refractivity contribution in [3.63, 3.8) is 0 Å². The number of hydrogen-bond acceptors (Lipinski definition) is 6. The van der Waals surface area contributed by atoms with Crippen LogP contribution in [0.4, 0.5) is 13.6 Å². The summed E-state index contributed by atoms with van der Waals surface area (Å²) in [6.07, 6.45) is 3.81. The number of carbonyl (C=O) groups excluding carboxylic acids is 1. The Bertz CT molecular complexity index is 896. The van der Waals surface area contributed by atoms with Crippen molar-refractivity contribution in [2.24, 2.45) is 11.8 Å². The molecule has 5 rings (SSSR count). The van der Waals surface area contributed by atoms with Crippen molar-refractivity contribution in [1.82, 2.24) is 30.2 Å². The molecular weight excluding hydrogens is 454 g/mol. The summed E-state index contributed by atoms with van der Waals surface area (Å²) in [6.45, 7) is 9.25. The minimum atomic E-state index is -2.90. The standard InChI is InChI=1S/C25H40F2N6O2/c1-15(2)32-9-7-20(14-32)31(4)21-6-5-8-25(26,27)22(21)29-24(34)33-12-18-10-17(11-19(18)13-33)23-28-16(3)35-30-23/h15,17-22H,5-14H2,1-4H3,(H,29,34)/t17-,18-,19+,20-,21-,22+/m0/s1. The Hall–Kier alpha value is -1.81. The molecule has 2 aliphatic heterocycles. The van der Waals surface area contributed by atoms with E-state index >= 15 is 8.78 Å². The van der Waals surface area contributed by atoms with Gasteiger partial charge in [-0.1, -0.05) is 5.16 Å². The van der Waals surface area contributed by atoms with Gasteiger partial charge in [-0.15, -0.1) is 0 Å². The van der Waals surface area contributed by atoms with Crippen LogP contribution in [0, 0.1) is 18.8 Å². The molecule has 2 saturated carbocycles. The number of aryl methyl sites for hydroxylation is 1. The van der Waals surface area contributed by atoms with E-state index in [0.717, 1.165) is 38.2 Å². The van der Waals surface area contributed by atoms with Crippen LogP contribution in [0.1, 0.15) is 70.0 Å². The third kappa shape index (κ3) is 4.92. The molecule has 0 spiro atoms. The van der Waals surface area contributed by atoms with Gasteiger partial charge >= 0.3 is 6.03 Å². The number of carbonyl (C=O) groups is 1. The topological polar surface area (TPSA) is 77.7 Å². The van der Waals surface area contributed by atoms with Gasteiger partial charge in [-0.25, -0.2) is 13.6 Å². The largest absolute Gasteiger partial charge is 0.340 e. The zero-order valence-corrected chi connectivity index (χ0v) is 21.4. The highest BCUT2D eigenvalue weighted by Crippen LogP contribution is 2.45. The smallest absolute Gasteiger partial charge is 0.317 e. The van der Waals surface area contributed by atoms with Crippen LogP contribution in [0.5, 0.6) is 0 Å². The van der Waals surface area contributed by atoms with Gasteiger partial charge < -0.3 is 14.7 Å². The lowest BCUT2D eigenvalue weighted by Crippen LogP contribution is -2.64. The SMILES string of the molecule is Cc1nc([C@@H]2C[C@@H]3CN(C(=O)N[C@@H]4[C@@H](N(C)[C@H]5CCN(C(C)C)C5)CCCC4(F)F)C[C@@H]3C2)no1. The fourth-order valence-corrected chi connectivity index (χ4v) is 7.01. The molecule has 1 aromatic heterocycles. The summed E-state index contributed by atoms with van der Waals surface area (Å²) < 4.78 is 35.5. The van der Waals surface area contributed by atoms with E-state index in [0.29, 0.717) is 49.7 Å². The first-order valence-corrected chi connectivity index (χ1v) is 13.3. The first-order chi connectivity index (χ1) is 16.6. The first-order valence-electron chi connectivity index (χ1n) is 13.3. The molecule has 10 heteroatoms. The Morgan fingerprint density at radius 2 is 1.91 bits per heavy atom. The van der Waals surface area contributed by atoms with Gasteiger partial charge in [0.05, 0.1) is 0 Å². The molecule has 1 aromatic rings. The Labute approximate surface area is 206 Å². The van der Waals surface area contributed by atoms with Gasteiger partial charge in [0.2, 0.25) is 5.89 Å². The lowest BCUT2D eigenvalue weighted by atomic mass is 9.85. The fourth-order valence-electron chi connectivity index (χ4n) is 7.01. The second-order valence-corrected chi connectivity index (χ2v) is 11.6. The van der Waals surface area contributed by atoms with E-state index in [1.807, 2.05) is 7.05 Å². The summed E-state index contributed by atoms with van der Waals surface area (Å²) in [5.41, 5.74) is 0. The van der Waals surface area contributed by atoms with Gasteiger partial charge in [-0.3, -0.25) is 9.80 Å². The van der Waals surface area contributed by atoms with Crippen molar-refractivity contribution in [3.05, 3.63) is 11.7 Å². The zero-order chi connectivity index (χ0) is 24.9. The third-order valence-corrected chi connectivity index (χ3v) is 9.10. The van der Waals surface area contributed by atoms with Crippen molar-refractivity contribution in [3.8, 4) is 0 Å². The molecule has 196 valence electrons. The normalized spacial score (nSPS) is 35.3. The third-order valence-electron chi connectivity index (χ3n) is 9.10. The number of nitrogens with zero attached hydrogens (tertiary/aromatic N) is 5.